The van der Waals surface area contributed by atoms with Crippen molar-refractivity contribution >= 4 is 0 Å². The summed E-state index contributed by atoms with van der Waals surface area (Å²) in [6.45, 7) is 1.19. The molecule has 0 aromatic carbocycles. The lowest BCUT2D eigenvalue weighted by Gasteiger charge is -2.12. The van der Waals surface area contributed by atoms with E-state index in [-0.39, 0.29) is 6.29 Å². The van der Waals surface area contributed by atoms with E-state index in [1.165, 1.54) is 0 Å². The van der Waals surface area contributed by atoms with Gasteiger partial charge in [-0.3, -0.25) is 0 Å². The number of ether oxygens (including phenoxy) is 2. The van der Waals surface area contributed by atoms with Crippen LogP contribution in [0.2, 0.25) is 0 Å². The summed E-state index contributed by atoms with van der Waals surface area (Å²) in [7, 11) is 0. The number of hydrogen-bond donors (Lipinski definition) is 0. The molecule has 1 rings (SSSR count). The molecule has 0 bridgehead atoms. The first-order valence-electron chi connectivity index (χ1n) is 3.68. The van der Waals surface area contributed by atoms with Crippen molar-refractivity contribution in [1.29, 1.82) is 5.26 Å². The van der Waals surface area contributed by atoms with Gasteiger partial charge in [0, 0.05) is 12.8 Å². The molecule has 1 heterocycles. The van der Waals surface area contributed by atoms with E-state index in [2.05, 4.69) is 6.07 Å². The molecule has 0 radical (unpaired) electrons. The van der Waals surface area contributed by atoms with Crippen LogP contribution in [0.1, 0.15) is 12.8 Å². The normalized spacial score (nSPS) is 19.2. The lowest BCUT2D eigenvalue weighted by molar-refractivity contribution is -0.124. The molecule has 0 fully saturated rings. The largest absolute Gasteiger partial charge is 0.349 e. The van der Waals surface area contributed by atoms with Crippen molar-refractivity contribution in [3.05, 3.63) is 12.2 Å². The standard InChI is InChI=1S/C8H11NO2/c9-5-3-4-8-10-6-1-2-7-11-8/h1-2,8H,3-4,6-7H2. The van der Waals surface area contributed by atoms with Crippen molar-refractivity contribution in [1.82, 2.24) is 0 Å². The van der Waals surface area contributed by atoms with Crippen LogP contribution < -0.4 is 0 Å². The van der Waals surface area contributed by atoms with E-state index in [9.17, 15) is 0 Å². The average molecular weight is 153 g/mol. The molecule has 0 aromatic rings. The highest BCUT2D eigenvalue weighted by Gasteiger charge is 2.08. The van der Waals surface area contributed by atoms with Gasteiger partial charge >= 0.3 is 0 Å². The Labute approximate surface area is 66.2 Å². The number of nitriles is 1. The molecular formula is C8H11NO2. The summed E-state index contributed by atoms with van der Waals surface area (Å²) in [5, 5.41) is 8.29. The smallest absolute Gasteiger partial charge is 0.159 e. The highest BCUT2D eigenvalue weighted by molar-refractivity contribution is 4.83. The van der Waals surface area contributed by atoms with E-state index in [1.807, 2.05) is 12.2 Å². The highest BCUT2D eigenvalue weighted by Crippen LogP contribution is 2.06. The Morgan fingerprint density at radius 1 is 1.36 bits per heavy atom. The lowest BCUT2D eigenvalue weighted by Crippen LogP contribution is -2.15. The van der Waals surface area contributed by atoms with E-state index in [0.717, 1.165) is 0 Å². The topological polar surface area (TPSA) is 42.2 Å². The van der Waals surface area contributed by atoms with E-state index >= 15 is 0 Å². The summed E-state index contributed by atoms with van der Waals surface area (Å²) in [5.74, 6) is 0. The summed E-state index contributed by atoms with van der Waals surface area (Å²) in [5.41, 5.74) is 0. The fourth-order valence-electron chi connectivity index (χ4n) is 0.859. The Balaban J connectivity index is 2.19. The highest BCUT2D eigenvalue weighted by atomic mass is 16.7. The first-order valence-corrected chi connectivity index (χ1v) is 3.68. The van der Waals surface area contributed by atoms with Crippen molar-refractivity contribution in [3.8, 4) is 6.07 Å². The summed E-state index contributed by atoms with van der Waals surface area (Å²) in [6, 6.07) is 2.05. The summed E-state index contributed by atoms with van der Waals surface area (Å²) < 4.78 is 10.5. The molecule has 0 atom stereocenters. The van der Waals surface area contributed by atoms with E-state index in [0.29, 0.717) is 26.1 Å². The molecule has 1 aliphatic rings. The Kier molecular flexibility index (Phi) is 3.67. The molecule has 0 amide bonds. The predicted octanol–water partition coefficient (Wildman–Crippen LogP) is 1.22. The second kappa shape index (κ2) is 4.89. The molecule has 1 aliphatic heterocycles. The van der Waals surface area contributed by atoms with Crippen LogP contribution in [0.4, 0.5) is 0 Å². The van der Waals surface area contributed by atoms with Gasteiger partial charge in [-0.15, -0.1) is 0 Å². The van der Waals surface area contributed by atoms with Gasteiger partial charge < -0.3 is 9.47 Å². The second-order valence-electron chi connectivity index (χ2n) is 2.26. The summed E-state index contributed by atoms with van der Waals surface area (Å²) >= 11 is 0. The maximum Gasteiger partial charge on any atom is 0.159 e. The molecule has 60 valence electrons. The Morgan fingerprint density at radius 2 is 2.00 bits per heavy atom. The zero-order valence-electron chi connectivity index (χ0n) is 6.32. The van der Waals surface area contributed by atoms with Gasteiger partial charge in [0.2, 0.25) is 0 Å². The minimum absolute atomic E-state index is 0.190. The lowest BCUT2D eigenvalue weighted by atomic mass is 10.3. The molecule has 0 aromatic heterocycles. The number of rotatable bonds is 2. The first-order chi connectivity index (χ1) is 5.43. The Bertz CT molecular complexity index is 161. The minimum atomic E-state index is -0.190. The van der Waals surface area contributed by atoms with Crippen molar-refractivity contribution in [2.75, 3.05) is 13.2 Å². The fraction of sp³-hybridized carbons (Fsp3) is 0.625. The number of hydrogen-bond acceptors (Lipinski definition) is 3. The molecule has 0 saturated carbocycles. The molecule has 0 spiro atoms. The molecule has 0 N–H and O–H groups in total. The SMILES string of the molecule is N#CCCC1OCC=CCO1. The van der Waals surface area contributed by atoms with Gasteiger partial charge in [0.05, 0.1) is 19.3 Å². The van der Waals surface area contributed by atoms with Gasteiger partial charge in [0.15, 0.2) is 6.29 Å². The second-order valence-corrected chi connectivity index (χ2v) is 2.26. The van der Waals surface area contributed by atoms with Crippen molar-refractivity contribution in [2.24, 2.45) is 0 Å². The molecule has 0 saturated heterocycles. The van der Waals surface area contributed by atoms with Crippen LogP contribution in [-0.2, 0) is 9.47 Å². The predicted molar refractivity (Wildman–Crippen MR) is 39.7 cm³/mol. The zero-order chi connectivity index (χ0) is 7.94. The zero-order valence-corrected chi connectivity index (χ0v) is 6.32. The third kappa shape index (κ3) is 3.17. The van der Waals surface area contributed by atoms with Crippen LogP contribution in [0, 0.1) is 11.3 Å². The van der Waals surface area contributed by atoms with Crippen LogP contribution in [0.5, 0.6) is 0 Å². The van der Waals surface area contributed by atoms with Crippen LogP contribution in [0.15, 0.2) is 12.2 Å². The van der Waals surface area contributed by atoms with Crippen LogP contribution >= 0.6 is 0 Å². The van der Waals surface area contributed by atoms with Gasteiger partial charge in [-0.1, -0.05) is 12.2 Å². The average Bonchev–Trinajstić information content (AvgIpc) is 2.28. The maximum atomic E-state index is 8.29. The molecule has 3 nitrogen and oxygen atoms in total. The number of nitrogens with zero attached hydrogens (tertiary/aromatic N) is 1. The molecule has 0 unspecified atom stereocenters. The van der Waals surface area contributed by atoms with Gasteiger partial charge in [-0.2, -0.15) is 5.26 Å². The van der Waals surface area contributed by atoms with Gasteiger partial charge in [0.1, 0.15) is 0 Å². The third-order valence-corrected chi connectivity index (χ3v) is 1.42. The van der Waals surface area contributed by atoms with Crippen LogP contribution in [-0.4, -0.2) is 19.5 Å². The fourth-order valence-corrected chi connectivity index (χ4v) is 0.859. The van der Waals surface area contributed by atoms with Gasteiger partial charge in [-0.05, 0) is 0 Å². The first kappa shape index (κ1) is 8.25. The molecule has 0 aliphatic carbocycles. The van der Waals surface area contributed by atoms with Gasteiger partial charge in [-0.25, -0.2) is 0 Å². The molecular weight excluding hydrogens is 142 g/mol. The van der Waals surface area contributed by atoms with Crippen molar-refractivity contribution < 1.29 is 9.47 Å². The minimum Gasteiger partial charge on any atom is -0.349 e. The van der Waals surface area contributed by atoms with Gasteiger partial charge in [0.25, 0.3) is 0 Å². The third-order valence-electron chi connectivity index (χ3n) is 1.42. The van der Waals surface area contributed by atoms with E-state index in [4.69, 9.17) is 14.7 Å². The van der Waals surface area contributed by atoms with Crippen LogP contribution in [0.25, 0.3) is 0 Å². The molecule has 11 heavy (non-hydrogen) atoms. The molecule has 3 heteroatoms. The van der Waals surface area contributed by atoms with Crippen molar-refractivity contribution in [2.45, 2.75) is 19.1 Å². The summed E-state index contributed by atoms with van der Waals surface area (Å²) in [6.07, 6.45) is 4.81. The maximum absolute atomic E-state index is 8.29. The summed E-state index contributed by atoms with van der Waals surface area (Å²) in [4.78, 5) is 0. The van der Waals surface area contributed by atoms with E-state index < -0.39 is 0 Å². The van der Waals surface area contributed by atoms with Crippen LogP contribution in [0.3, 0.4) is 0 Å². The Morgan fingerprint density at radius 3 is 2.55 bits per heavy atom. The monoisotopic (exact) mass is 153 g/mol. The van der Waals surface area contributed by atoms with Crippen molar-refractivity contribution in [3.63, 3.8) is 0 Å². The van der Waals surface area contributed by atoms with E-state index in [1.54, 1.807) is 0 Å². The quantitative estimate of drug-likeness (QED) is 0.560. The Hall–Kier alpha value is -0.850.